The van der Waals surface area contributed by atoms with E-state index in [-0.39, 0.29) is 12.8 Å². The molecule has 0 bridgehead atoms. The van der Waals surface area contributed by atoms with Crippen molar-refractivity contribution in [3.63, 3.8) is 0 Å². The number of nitrogens with two attached hydrogens (primary N) is 1. The van der Waals surface area contributed by atoms with Gasteiger partial charge in [0.25, 0.3) is 5.91 Å². The van der Waals surface area contributed by atoms with Crippen LogP contribution in [0.4, 0.5) is 10.5 Å². The van der Waals surface area contributed by atoms with E-state index >= 15 is 0 Å². The van der Waals surface area contributed by atoms with Gasteiger partial charge in [-0.25, -0.2) is 4.79 Å². The topological polar surface area (TPSA) is 131 Å². The zero-order chi connectivity index (χ0) is 33.3. The number of amides is 4. The van der Waals surface area contributed by atoms with Crippen molar-refractivity contribution in [2.45, 2.75) is 97.9 Å². The number of primary amides is 1. The summed E-state index contributed by atoms with van der Waals surface area (Å²) in [7, 11) is 0. The molecule has 242 valence electrons. The molecular weight excluding hydrogens is 568 g/mol. The molecule has 4 N–H and O–H groups in total. The molecule has 45 heavy (non-hydrogen) atoms. The van der Waals surface area contributed by atoms with Gasteiger partial charge in [-0.05, 0) is 88.3 Å². The monoisotopic (exact) mass is 616 g/mol. The number of alkyl carbamates (subject to hydrolysis) is 1. The largest absolute Gasteiger partial charge is 0.444 e. The molecular formula is C36H48N4O5. The molecule has 0 aliphatic heterocycles. The van der Waals surface area contributed by atoms with Crippen LogP contribution in [0.1, 0.15) is 84.4 Å². The molecule has 0 saturated carbocycles. The number of carbonyl (C=O) groups is 4. The van der Waals surface area contributed by atoms with E-state index in [1.54, 1.807) is 25.7 Å². The summed E-state index contributed by atoms with van der Waals surface area (Å²) >= 11 is 0. The molecule has 3 atom stereocenters. The Morgan fingerprint density at radius 2 is 1.56 bits per heavy atom. The Kier molecular flexibility index (Phi) is 12.1. The zero-order valence-electron chi connectivity index (χ0n) is 27.6. The first-order chi connectivity index (χ1) is 21.1. The molecule has 0 heterocycles. The molecule has 0 saturated heterocycles. The van der Waals surface area contributed by atoms with Gasteiger partial charge in [-0.2, -0.15) is 0 Å². The third-order valence-electron chi connectivity index (χ3n) is 7.46. The zero-order valence-corrected chi connectivity index (χ0v) is 27.6. The number of carbonyl (C=O) groups excluding carboxylic acids is 4. The summed E-state index contributed by atoms with van der Waals surface area (Å²) in [5, 5.41) is 7.72. The molecule has 3 unspecified atom stereocenters. The van der Waals surface area contributed by atoms with Gasteiger partial charge in [0, 0.05) is 18.2 Å². The maximum atomic E-state index is 14.6. The van der Waals surface area contributed by atoms with E-state index < -0.39 is 47.5 Å². The maximum Gasteiger partial charge on any atom is 0.408 e. The number of benzene rings is 3. The number of ether oxygens (including phenoxy) is 1. The van der Waals surface area contributed by atoms with Crippen LogP contribution in [0, 0.1) is 12.8 Å². The Bertz CT molecular complexity index is 1500. The van der Waals surface area contributed by atoms with Crippen LogP contribution in [-0.4, -0.2) is 46.4 Å². The second kappa shape index (κ2) is 15.5. The lowest BCUT2D eigenvalue weighted by molar-refractivity contribution is -0.143. The highest BCUT2D eigenvalue weighted by Gasteiger charge is 2.39. The fraction of sp³-hybridized carbons (Fsp3) is 0.444. The summed E-state index contributed by atoms with van der Waals surface area (Å²) < 4.78 is 5.45. The third kappa shape index (κ3) is 10.6. The van der Waals surface area contributed by atoms with Crippen LogP contribution < -0.4 is 16.4 Å². The summed E-state index contributed by atoms with van der Waals surface area (Å²) in [5.74, 6) is -1.15. The average molecular weight is 617 g/mol. The lowest BCUT2D eigenvalue weighted by Gasteiger charge is -2.39. The molecule has 3 aromatic rings. The van der Waals surface area contributed by atoms with Crippen LogP contribution >= 0.6 is 0 Å². The molecule has 3 rings (SSSR count). The minimum Gasteiger partial charge on any atom is -0.444 e. The van der Waals surface area contributed by atoms with Gasteiger partial charge in [0.1, 0.15) is 17.7 Å². The average Bonchev–Trinajstić information content (AvgIpc) is 2.95. The van der Waals surface area contributed by atoms with Crippen molar-refractivity contribution in [2.75, 3.05) is 5.32 Å². The van der Waals surface area contributed by atoms with Crippen LogP contribution in [0.3, 0.4) is 0 Å². The van der Waals surface area contributed by atoms with Crippen LogP contribution in [0.2, 0.25) is 0 Å². The van der Waals surface area contributed by atoms with Crippen molar-refractivity contribution >= 4 is 40.3 Å². The maximum absolute atomic E-state index is 14.6. The summed E-state index contributed by atoms with van der Waals surface area (Å²) in [6, 6.07) is 18.4. The highest BCUT2D eigenvalue weighted by molar-refractivity contribution is 6.00. The second-order valence-corrected chi connectivity index (χ2v) is 13.1. The highest BCUT2D eigenvalue weighted by atomic mass is 16.6. The molecule has 9 nitrogen and oxygen atoms in total. The van der Waals surface area contributed by atoms with E-state index in [9.17, 15) is 19.2 Å². The SMILES string of the molecule is Cc1cccc(C(C(=O)Nc2ccc3ccccc3c2)N(C(=O)C(CCC(N)=O)NC(=O)OC(C)(C)C)C(C)CCC(C)C)c1. The van der Waals surface area contributed by atoms with Gasteiger partial charge in [0.05, 0.1) is 0 Å². The van der Waals surface area contributed by atoms with E-state index in [4.69, 9.17) is 10.5 Å². The second-order valence-electron chi connectivity index (χ2n) is 13.1. The smallest absolute Gasteiger partial charge is 0.408 e. The highest BCUT2D eigenvalue weighted by Crippen LogP contribution is 2.30. The van der Waals surface area contributed by atoms with Gasteiger partial charge < -0.3 is 26.0 Å². The van der Waals surface area contributed by atoms with E-state index in [0.29, 0.717) is 23.6 Å². The minimum atomic E-state index is -1.16. The number of nitrogens with zero attached hydrogens (tertiary/aromatic N) is 1. The lowest BCUT2D eigenvalue weighted by Crippen LogP contribution is -2.55. The van der Waals surface area contributed by atoms with Crippen molar-refractivity contribution in [2.24, 2.45) is 11.7 Å². The van der Waals surface area contributed by atoms with E-state index in [1.807, 2.05) is 80.6 Å². The van der Waals surface area contributed by atoms with E-state index in [0.717, 1.165) is 22.8 Å². The van der Waals surface area contributed by atoms with Gasteiger partial charge in [0.2, 0.25) is 11.8 Å². The molecule has 3 aromatic carbocycles. The number of aryl methyl sites for hydroxylation is 1. The number of fused-ring (bicyclic) bond motifs is 1. The number of hydrogen-bond donors (Lipinski definition) is 3. The number of hydrogen-bond acceptors (Lipinski definition) is 5. The van der Waals surface area contributed by atoms with Crippen molar-refractivity contribution in [1.29, 1.82) is 0 Å². The third-order valence-corrected chi connectivity index (χ3v) is 7.46. The van der Waals surface area contributed by atoms with Crippen LogP contribution in [0.15, 0.2) is 66.7 Å². The van der Waals surface area contributed by atoms with Crippen LogP contribution in [0.5, 0.6) is 0 Å². The normalized spacial score (nSPS) is 13.5. The van der Waals surface area contributed by atoms with Crippen molar-refractivity contribution in [3.8, 4) is 0 Å². The van der Waals surface area contributed by atoms with Gasteiger partial charge in [0.15, 0.2) is 0 Å². The number of anilines is 1. The van der Waals surface area contributed by atoms with Crippen LogP contribution in [-0.2, 0) is 19.1 Å². The van der Waals surface area contributed by atoms with Gasteiger partial charge in [-0.15, -0.1) is 0 Å². The molecule has 0 radical (unpaired) electrons. The molecule has 0 fully saturated rings. The predicted molar refractivity (Wildman–Crippen MR) is 178 cm³/mol. The first-order valence-corrected chi connectivity index (χ1v) is 15.6. The van der Waals surface area contributed by atoms with E-state index in [2.05, 4.69) is 24.5 Å². The fourth-order valence-electron chi connectivity index (χ4n) is 5.24. The number of nitrogens with one attached hydrogen (secondary N) is 2. The molecule has 9 heteroatoms. The van der Waals surface area contributed by atoms with Crippen molar-refractivity contribution < 1.29 is 23.9 Å². The fourth-order valence-corrected chi connectivity index (χ4v) is 5.24. The Labute approximate surface area is 266 Å². The summed E-state index contributed by atoms with van der Waals surface area (Å²) in [6.45, 7) is 13.2. The first kappa shape index (κ1) is 35.1. The van der Waals surface area contributed by atoms with Crippen LogP contribution in [0.25, 0.3) is 10.8 Å². The summed E-state index contributed by atoms with van der Waals surface area (Å²) in [6.07, 6.45) is 0.437. The standard InChI is InChI=1S/C36H48N4O5/c1-23(2)15-16-25(4)40(34(43)30(19-20-31(37)41)39-35(44)45-36(5,6)7)32(28-14-10-11-24(3)21-28)33(42)38-29-18-17-26-12-8-9-13-27(26)22-29/h8-14,17-18,21-23,25,30,32H,15-16,19-20H2,1-7H3,(H2,37,41)(H,38,42)(H,39,44). The van der Waals surface area contributed by atoms with Crippen molar-refractivity contribution in [3.05, 3.63) is 77.9 Å². The Hall–Kier alpha value is -4.40. The summed E-state index contributed by atoms with van der Waals surface area (Å²) in [4.78, 5) is 55.2. The molecule has 0 aromatic heterocycles. The van der Waals surface area contributed by atoms with E-state index in [1.165, 1.54) is 0 Å². The van der Waals surface area contributed by atoms with Gasteiger partial charge in [-0.1, -0.05) is 74.0 Å². The predicted octanol–water partition coefficient (Wildman–Crippen LogP) is 6.64. The van der Waals surface area contributed by atoms with Crippen molar-refractivity contribution in [1.82, 2.24) is 10.2 Å². The molecule has 0 aliphatic rings. The Morgan fingerprint density at radius 1 is 0.867 bits per heavy atom. The Balaban J connectivity index is 2.10. The van der Waals surface area contributed by atoms with Gasteiger partial charge in [-0.3, -0.25) is 14.4 Å². The Morgan fingerprint density at radius 3 is 2.18 bits per heavy atom. The molecule has 0 aliphatic carbocycles. The summed E-state index contributed by atoms with van der Waals surface area (Å²) in [5.41, 5.74) is 6.80. The minimum absolute atomic E-state index is 0.0480. The first-order valence-electron chi connectivity index (χ1n) is 15.6. The lowest BCUT2D eigenvalue weighted by atomic mass is 9.95. The van der Waals surface area contributed by atoms with Gasteiger partial charge >= 0.3 is 6.09 Å². The molecule has 0 spiro atoms. The molecule has 4 amide bonds. The quantitative estimate of drug-likeness (QED) is 0.198. The number of rotatable bonds is 13.